The quantitative estimate of drug-likeness (QED) is 0.767. The van der Waals surface area contributed by atoms with Crippen molar-refractivity contribution in [3.8, 4) is 0 Å². The molecule has 16 heavy (non-hydrogen) atoms. The lowest BCUT2D eigenvalue weighted by atomic mass is 10.8. The van der Waals surface area contributed by atoms with Crippen molar-refractivity contribution >= 4 is 32.8 Å². The summed E-state index contributed by atoms with van der Waals surface area (Å²) in [5.41, 5.74) is 0. The van der Waals surface area contributed by atoms with Crippen LogP contribution in [0, 0.1) is 0 Å². The summed E-state index contributed by atoms with van der Waals surface area (Å²) < 4.78 is 48.5. The number of methoxy groups -OCH3 is 2. The Morgan fingerprint density at radius 2 is 1.25 bits per heavy atom. The van der Waals surface area contributed by atoms with Gasteiger partial charge in [0.15, 0.2) is 0 Å². The van der Waals surface area contributed by atoms with Gasteiger partial charge in [-0.1, -0.05) is 0 Å². The van der Waals surface area contributed by atoms with Crippen LogP contribution in [0.1, 0.15) is 0 Å². The molecule has 0 aromatic heterocycles. The van der Waals surface area contributed by atoms with Crippen LogP contribution in [0.4, 0.5) is 11.7 Å². The maximum atomic E-state index is 13.2. The van der Waals surface area contributed by atoms with Gasteiger partial charge in [-0.15, -0.1) is 34.9 Å². The maximum Gasteiger partial charge on any atom is 0.0967 e. The molecule has 0 saturated heterocycles. The summed E-state index contributed by atoms with van der Waals surface area (Å²) in [6.45, 7) is -0.795. The molecule has 104 valence electrons. The number of rotatable bonds is 6. The second kappa shape index (κ2) is 6.51. The zero-order valence-corrected chi connectivity index (χ0v) is 11.6. The summed E-state index contributed by atoms with van der Waals surface area (Å²) in [5, 5.41) is 4.73. The Morgan fingerprint density at radius 1 is 1.00 bits per heavy atom. The minimum atomic E-state index is -6.89. The molecular weight excluding hydrogens is 290 g/mol. The first-order valence-corrected chi connectivity index (χ1v) is 7.83. The molecule has 0 aromatic rings. The highest BCUT2D eigenvalue weighted by Crippen LogP contribution is 2.87. The van der Waals surface area contributed by atoms with Crippen LogP contribution in [0.15, 0.2) is 0 Å². The van der Waals surface area contributed by atoms with E-state index >= 15 is 0 Å². The van der Waals surface area contributed by atoms with Gasteiger partial charge in [-0.3, -0.25) is 0 Å². The van der Waals surface area contributed by atoms with E-state index in [1.54, 1.807) is 0 Å². The zero-order valence-electron chi connectivity index (χ0n) is 9.23. The summed E-state index contributed by atoms with van der Waals surface area (Å²) in [5.74, 6) is -2.14. The molecule has 0 atom stereocenters. The van der Waals surface area contributed by atoms with E-state index in [-0.39, 0.29) is 5.34 Å². The first-order valence-electron chi connectivity index (χ1n) is 4.20. The van der Waals surface area contributed by atoms with Gasteiger partial charge < -0.3 is 9.47 Å². The molecule has 0 aromatic carbocycles. The van der Waals surface area contributed by atoms with Crippen LogP contribution in [0.5, 0.6) is 0 Å². The van der Waals surface area contributed by atoms with E-state index in [2.05, 4.69) is 14.6 Å². The maximum absolute atomic E-state index is 13.2. The van der Waals surface area contributed by atoms with Crippen molar-refractivity contribution in [2.45, 2.75) is 0 Å². The molecule has 2 N–H and O–H groups in total. The molecule has 0 spiro atoms. The van der Waals surface area contributed by atoms with Gasteiger partial charge in [-0.2, -0.15) is 0 Å². The van der Waals surface area contributed by atoms with Crippen LogP contribution in [-0.4, -0.2) is 44.3 Å². The lowest BCUT2D eigenvalue weighted by molar-refractivity contribution is 0.205. The van der Waals surface area contributed by atoms with Crippen LogP contribution in [0.25, 0.3) is 0 Å². The molecule has 9 heteroatoms. The third kappa shape index (κ3) is 12.7. The monoisotopic (exact) mass is 307 g/mol. The van der Waals surface area contributed by atoms with Gasteiger partial charge in [0.1, 0.15) is 0 Å². The van der Waals surface area contributed by atoms with Crippen LogP contribution >= 0.6 is 32.8 Å². The fourth-order valence-electron chi connectivity index (χ4n) is 0.672. The third-order valence-corrected chi connectivity index (χ3v) is 3.87. The number of halogens is 5. The van der Waals surface area contributed by atoms with Gasteiger partial charge in [0, 0.05) is 14.2 Å². The van der Waals surface area contributed by atoms with Crippen molar-refractivity contribution in [2.24, 2.45) is 5.14 Å². The third-order valence-electron chi connectivity index (χ3n) is 1.56. The molecule has 0 aliphatic heterocycles. The SMILES string of the molecule is COCCS(N)(F)(F)(F)CCOC.ClCCl. The Hall–Kier alpha value is 0.600. The predicted molar refractivity (Wildman–Crippen MR) is 65.2 cm³/mol. The Balaban J connectivity index is 0. The van der Waals surface area contributed by atoms with E-state index in [0.29, 0.717) is 0 Å². The molecule has 0 rings (SSSR count). The Kier molecular flexibility index (Phi) is 7.71. The van der Waals surface area contributed by atoms with Crippen molar-refractivity contribution in [3.05, 3.63) is 0 Å². The molecule has 0 amide bonds. The first kappa shape index (κ1) is 19.0. The van der Waals surface area contributed by atoms with Gasteiger partial charge in [-0.05, 0) is 0 Å². The van der Waals surface area contributed by atoms with Crippen molar-refractivity contribution < 1.29 is 21.1 Å². The summed E-state index contributed by atoms with van der Waals surface area (Å²) in [6, 6.07) is 0. The lowest BCUT2D eigenvalue weighted by Gasteiger charge is -2.54. The normalized spacial score (nSPS) is 15.8. The minimum absolute atomic E-state index is 0.194. The zero-order chi connectivity index (χ0) is 13.4. The molecule has 0 aliphatic carbocycles. The van der Waals surface area contributed by atoms with E-state index in [9.17, 15) is 11.7 Å². The molecule has 0 bridgehead atoms. The van der Waals surface area contributed by atoms with Gasteiger partial charge in [0.05, 0.1) is 39.7 Å². The van der Waals surface area contributed by atoms with Crippen molar-refractivity contribution in [1.82, 2.24) is 0 Å². The van der Waals surface area contributed by atoms with Gasteiger partial charge >= 0.3 is 0 Å². The van der Waals surface area contributed by atoms with E-state index in [0.717, 1.165) is 0 Å². The lowest BCUT2D eigenvalue weighted by Crippen LogP contribution is -2.40. The average Bonchev–Trinajstić information content (AvgIpc) is 2.12. The fraction of sp³-hybridized carbons (Fsp3) is 1.00. The number of alkyl halides is 2. The smallest absolute Gasteiger partial charge is 0.0967 e. The number of ether oxygens (including phenoxy) is 2. The van der Waals surface area contributed by atoms with Crippen LogP contribution in [-0.2, 0) is 9.47 Å². The van der Waals surface area contributed by atoms with Crippen LogP contribution < -0.4 is 5.14 Å². The van der Waals surface area contributed by atoms with Crippen molar-refractivity contribution in [1.29, 1.82) is 0 Å². The van der Waals surface area contributed by atoms with Crippen LogP contribution in [0.3, 0.4) is 0 Å². The Morgan fingerprint density at radius 3 is 1.44 bits per heavy atom. The average molecular weight is 308 g/mol. The second-order valence-electron chi connectivity index (χ2n) is 3.13. The highest BCUT2D eigenvalue weighted by molar-refractivity contribution is 8.52. The molecule has 0 fully saturated rings. The van der Waals surface area contributed by atoms with E-state index in [1.807, 2.05) is 0 Å². The molecule has 0 unspecified atom stereocenters. The fourth-order valence-corrected chi connectivity index (χ4v) is 2.02. The summed E-state index contributed by atoms with van der Waals surface area (Å²) >= 11 is 9.53. The second-order valence-corrected chi connectivity index (χ2v) is 8.02. The standard InChI is InChI=1S/C6H16F3NO2S.CH2Cl2/c1-11-3-5-13(7,8,9,10)6-4-12-2;2-1-3/h3-6,10H2,1-2H3;1H2. The van der Waals surface area contributed by atoms with Crippen molar-refractivity contribution in [2.75, 3.05) is 44.3 Å². The highest BCUT2D eigenvalue weighted by atomic mass is 35.5. The van der Waals surface area contributed by atoms with E-state index < -0.39 is 34.4 Å². The highest BCUT2D eigenvalue weighted by Gasteiger charge is 2.56. The molecule has 0 saturated carbocycles. The predicted octanol–water partition coefficient (Wildman–Crippen LogP) is 3.10. The topological polar surface area (TPSA) is 44.5 Å². The number of hydrogen-bond acceptors (Lipinski definition) is 3. The van der Waals surface area contributed by atoms with Gasteiger partial charge in [0.2, 0.25) is 0 Å². The minimum Gasteiger partial charge on any atom is -0.384 e. The Bertz CT molecular complexity index is 186. The van der Waals surface area contributed by atoms with Crippen molar-refractivity contribution in [3.63, 3.8) is 0 Å². The number of hydrogen-bond donors (Lipinski definition) is 1. The molecule has 0 aliphatic rings. The Labute approximate surface area is 104 Å². The van der Waals surface area contributed by atoms with Crippen LogP contribution in [0.2, 0.25) is 0 Å². The molecular formula is C7H18Cl2F3NO2S. The summed E-state index contributed by atoms with van der Waals surface area (Å²) in [7, 11) is -4.47. The number of nitrogens with two attached hydrogens (primary N) is 1. The van der Waals surface area contributed by atoms with E-state index in [1.165, 1.54) is 14.2 Å². The largest absolute Gasteiger partial charge is 0.384 e. The summed E-state index contributed by atoms with van der Waals surface area (Å²) in [6.07, 6.45) is 0. The van der Waals surface area contributed by atoms with Gasteiger partial charge in [0.25, 0.3) is 0 Å². The molecule has 3 nitrogen and oxygen atoms in total. The molecule has 0 heterocycles. The van der Waals surface area contributed by atoms with E-state index in [4.69, 9.17) is 23.2 Å². The first-order chi connectivity index (χ1) is 7.04. The summed E-state index contributed by atoms with van der Waals surface area (Å²) in [4.78, 5) is 0. The molecule has 0 radical (unpaired) electrons. The van der Waals surface area contributed by atoms with Gasteiger partial charge in [-0.25, -0.2) is 5.14 Å².